The van der Waals surface area contributed by atoms with Gasteiger partial charge in [-0.05, 0) is 30.5 Å². The maximum atomic E-state index is 4.06. The number of nitrogens with zero attached hydrogens (tertiary/aromatic N) is 1. The maximum Gasteiger partial charge on any atom is 0.0511 e. The van der Waals surface area contributed by atoms with Crippen LogP contribution in [0.25, 0.3) is 11.1 Å². The van der Waals surface area contributed by atoms with Crippen molar-refractivity contribution in [2.24, 2.45) is 5.92 Å². The second-order valence-corrected chi connectivity index (χ2v) is 5.43. The lowest BCUT2D eigenvalue weighted by Crippen LogP contribution is -2.29. The minimum Gasteiger partial charge on any atom is -0.340 e. The number of benzene rings is 2. The van der Waals surface area contributed by atoms with Crippen LogP contribution in [0.1, 0.15) is 13.8 Å². The van der Waals surface area contributed by atoms with E-state index >= 15 is 0 Å². The fourth-order valence-corrected chi connectivity index (χ4v) is 2.48. The first-order valence-corrected chi connectivity index (χ1v) is 6.79. The van der Waals surface area contributed by atoms with E-state index in [-0.39, 0.29) is 0 Å². The van der Waals surface area contributed by atoms with Crippen LogP contribution >= 0.6 is 0 Å². The fourth-order valence-electron chi connectivity index (χ4n) is 2.48. The third-order valence-corrected chi connectivity index (χ3v) is 3.97. The second-order valence-electron chi connectivity index (χ2n) is 5.43. The summed E-state index contributed by atoms with van der Waals surface area (Å²) in [6, 6.07) is 17.3. The molecule has 19 heavy (non-hydrogen) atoms. The predicted molar refractivity (Wildman–Crippen MR) is 82.9 cm³/mol. The molecule has 2 aliphatic rings. The molecule has 2 aliphatic heterocycles. The zero-order valence-corrected chi connectivity index (χ0v) is 11.6. The van der Waals surface area contributed by atoms with Gasteiger partial charge in [0.15, 0.2) is 0 Å². The zero-order chi connectivity index (χ0) is 13.4. The molecule has 0 amide bonds. The first-order chi connectivity index (χ1) is 9.16. The number of hydrogen-bond acceptors (Lipinski definition) is 1. The van der Waals surface area contributed by atoms with Crippen LogP contribution in [-0.2, 0) is 0 Å². The van der Waals surface area contributed by atoms with Crippen LogP contribution in [0, 0.1) is 5.92 Å². The van der Waals surface area contributed by atoms with Gasteiger partial charge >= 0.3 is 0 Å². The molecule has 0 N–H and O–H groups in total. The highest BCUT2D eigenvalue weighted by Crippen LogP contribution is 2.45. The van der Waals surface area contributed by atoms with Crippen LogP contribution in [0.3, 0.4) is 0 Å². The molecule has 0 fully saturated rings. The number of anilines is 2. The Balaban J connectivity index is 1.89. The molecule has 0 aliphatic carbocycles. The summed E-state index contributed by atoms with van der Waals surface area (Å²) in [5, 5.41) is 0. The molecule has 2 heterocycles. The van der Waals surface area contributed by atoms with Gasteiger partial charge in [-0.25, -0.2) is 0 Å². The van der Waals surface area contributed by atoms with E-state index in [0.29, 0.717) is 5.92 Å². The molecule has 0 saturated carbocycles. The monoisotopic (exact) mass is 249 g/mol. The highest BCUT2D eigenvalue weighted by atomic mass is 15.2. The lowest BCUT2D eigenvalue weighted by Gasteiger charge is -2.37. The normalized spacial score (nSPS) is 13.9. The maximum absolute atomic E-state index is 4.06. The summed E-state index contributed by atoms with van der Waals surface area (Å²) in [4.78, 5) is 2.40. The molecule has 1 heteroatoms. The smallest absolute Gasteiger partial charge is 0.0511 e. The van der Waals surface area contributed by atoms with Crippen molar-refractivity contribution in [2.75, 3.05) is 11.4 Å². The molecule has 0 spiro atoms. The molecule has 2 bridgehead atoms. The summed E-state index contributed by atoms with van der Waals surface area (Å²) in [6.07, 6.45) is 0. The van der Waals surface area contributed by atoms with E-state index < -0.39 is 0 Å². The average molecular weight is 249 g/mol. The van der Waals surface area contributed by atoms with E-state index in [1.807, 2.05) is 0 Å². The Morgan fingerprint density at radius 2 is 1.89 bits per heavy atom. The van der Waals surface area contributed by atoms with E-state index in [2.05, 4.69) is 73.9 Å². The van der Waals surface area contributed by atoms with Gasteiger partial charge in [0.05, 0.1) is 5.69 Å². The van der Waals surface area contributed by atoms with Crippen molar-refractivity contribution in [2.45, 2.75) is 13.8 Å². The molecule has 0 saturated heterocycles. The highest BCUT2D eigenvalue weighted by molar-refractivity contribution is 5.91. The fraction of sp³-hybridized carbons (Fsp3) is 0.222. The van der Waals surface area contributed by atoms with Crippen LogP contribution in [0.15, 0.2) is 60.7 Å². The van der Waals surface area contributed by atoms with Crippen molar-refractivity contribution in [1.29, 1.82) is 0 Å². The molecule has 0 radical (unpaired) electrons. The molecule has 96 valence electrons. The first kappa shape index (κ1) is 12.0. The standard InChI is InChI=1S/C18H19N/c1-13(2)14(3)12-19-16-9-10-17(18(19)11-16)15-7-5-4-6-8-15/h4-11,14H,1,12H2,2-3H3. The van der Waals surface area contributed by atoms with Gasteiger partial charge in [0.2, 0.25) is 0 Å². The molecule has 0 aromatic heterocycles. The highest BCUT2D eigenvalue weighted by Gasteiger charge is 2.25. The quantitative estimate of drug-likeness (QED) is 0.688. The van der Waals surface area contributed by atoms with Crippen LogP contribution < -0.4 is 4.90 Å². The van der Waals surface area contributed by atoms with Gasteiger partial charge in [-0.3, -0.25) is 0 Å². The van der Waals surface area contributed by atoms with Crippen LogP contribution in [0.5, 0.6) is 0 Å². The molecular formula is C18H19N. The van der Waals surface area contributed by atoms with Crippen molar-refractivity contribution in [3.05, 3.63) is 60.7 Å². The van der Waals surface area contributed by atoms with E-state index in [4.69, 9.17) is 0 Å². The summed E-state index contributed by atoms with van der Waals surface area (Å²) >= 11 is 0. The van der Waals surface area contributed by atoms with Crippen LogP contribution in [0.4, 0.5) is 11.4 Å². The summed E-state index contributed by atoms with van der Waals surface area (Å²) in [6.45, 7) is 9.43. The van der Waals surface area contributed by atoms with E-state index in [1.54, 1.807) is 0 Å². The Morgan fingerprint density at radius 3 is 2.53 bits per heavy atom. The average Bonchev–Trinajstić information content (AvgIpc) is 2.45. The first-order valence-electron chi connectivity index (χ1n) is 6.79. The summed E-state index contributed by atoms with van der Waals surface area (Å²) in [7, 11) is 0. The molecule has 2 aromatic rings. The molecule has 1 atom stereocenters. The van der Waals surface area contributed by atoms with E-state index in [9.17, 15) is 0 Å². The SMILES string of the molecule is C=C(C)C(C)CN1c2ccc(-c3ccccc3)c1c2. The second kappa shape index (κ2) is 4.58. The number of fused-ring (bicyclic) bond motifs is 2. The van der Waals surface area contributed by atoms with Crippen LogP contribution in [0.2, 0.25) is 0 Å². The zero-order valence-electron chi connectivity index (χ0n) is 11.6. The van der Waals surface area contributed by atoms with Crippen LogP contribution in [-0.4, -0.2) is 6.54 Å². The van der Waals surface area contributed by atoms with Gasteiger partial charge in [0, 0.05) is 17.8 Å². The molecule has 4 rings (SSSR count). The Labute approximate surface area is 115 Å². The Hall–Kier alpha value is -2.02. The number of rotatable bonds is 4. The van der Waals surface area contributed by atoms with Gasteiger partial charge in [0.25, 0.3) is 0 Å². The minimum absolute atomic E-state index is 0.516. The molecular weight excluding hydrogens is 230 g/mol. The Bertz CT molecular complexity index is 609. The van der Waals surface area contributed by atoms with Crippen molar-refractivity contribution in [1.82, 2.24) is 0 Å². The van der Waals surface area contributed by atoms with Gasteiger partial charge in [-0.1, -0.05) is 55.5 Å². The van der Waals surface area contributed by atoms with E-state index in [0.717, 1.165) is 6.54 Å². The van der Waals surface area contributed by atoms with Gasteiger partial charge in [-0.2, -0.15) is 0 Å². The van der Waals surface area contributed by atoms with E-state index in [1.165, 1.54) is 28.1 Å². The number of hydrogen-bond donors (Lipinski definition) is 0. The molecule has 2 aromatic carbocycles. The Morgan fingerprint density at radius 1 is 1.16 bits per heavy atom. The molecule has 1 nitrogen and oxygen atoms in total. The van der Waals surface area contributed by atoms with Crippen molar-refractivity contribution >= 4 is 11.4 Å². The Kier molecular flexibility index (Phi) is 2.90. The van der Waals surface area contributed by atoms with Gasteiger partial charge < -0.3 is 4.90 Å². The van der Waals surface area contributed by atoms with Gasteiger partial charge in [-0.15, -0.1) is 0 Å². The lowest BCUT2D eigenvalue weighted by molar-refractivity contribution is 0.675. The summed E-state index contributed by atoms with van der Waals surface area (Å²) in [5.41, 5.74) is 6.53. The predicted octanol–water partition coefficient (Wildman–Crippen LogP) is 5.02. The van der Waals surface area contributed by atoms with Crippen molar-refractivity contribution in [3.8, 4) is 11.1 Å². The summed E-state index contributed by atoms with van der Waals surface area (Å²) < 4.78 is 0. The minimum atomic E-state index is 0.516. The third-order valence-electron chi connectivity index (χ3n) is 3.97. The summed E-state index contributed by atoms with van der Waals surface area (Å²) in [5.74, 6) is 0.516. The van der Waals surface area contributed by atoms with Crippen molar-refractivity contribution < 1.29 is 0 Å². The van der Waals surface area contributed by atoms with Crippen molar-refractivity contribution in [3.63, 3.8) is 0 Å². The van der Waals surface area contributed by atoms with Gasteiger partial charge in [0.1, 0.15) is 0 Å². The topological polar surface area (TPSA) is 3.24 Å². The third kappa shape index (κ3) is 2.06. The largest absolute Gasteiger partial charge is 0.340 e. The lowest BCUT2D eigenvalue weighted by atomic mass is 9.94. The molecule has 1 unspecified atom stereocenters.